The number of Topliss-reactive ketones (excluding diaryl/α,β-unsaturated/α-hetero) is 2. The molecule has 0 unspecified atom stereocenters. The van der Waals surface area contributed by atoms with Crippen LogP contribution in [0.2, 0.25) is 0 Å². The quantitative estimate of drug-likeness (QED) is 0.451. The van der Waals surface area contributed by atoms with Crippen molar-refractivity contribution in [2.45, 2.75) is 32.2 Å². The van der Waals surface area contributed by atoms with Gasteiger partial charge in [-0.2, -0.15) is 0 Å². The molecule has 0 aromatic rings. The van der Waals surface area contributed by atoms with Crippen LogP contribution < -0.4 is 5.32 Å². The van der Waals surface area contributed by atoms with E-state index in [0.29, 0.717) is 19.1 Å². The van der Waals surface area contributed by atoms with Crippen LogP contribution in [0.25, 0.3) is 0 Å². The van der Waals surface area contributed by atoms with E-state index in [9.17, 15) is 14.4 Å². The number of nitrogens with one attached hydrogen (secondary N) is 1. The van der Waals surface area contributed by atoms with E-state index in [1.807, 2.05) is 0 Å². The number of rotatable bonds is 7. The molecule has 0 aliphatic carbocycles. The van der Waals surface area contributed by atoms with Gasteiger partial charge in [0.25, 0.3) is 0 Å². The average Bonchev–Trinajstić information content (AvgIpc) is 2.11. The van der Waals surface area contributed by atoms with Gasteiger partial charge in [-0.25, -0.2) is 0 Å². The Bertz CT molecular complexity index is 201. The van der Waals surface area contributed by atoms with Crippen LogP contribution in [0.15, 0.2) is 0 Å². The molecule has 1 atom stereocenters. The van der Waals surface area contributed by atoms with Gasteiger partial charge in [-0.3, -0.25) is 14.4 Å². The zero-order chi connectivity index (χ0) is 10.3. The number of carbonyl (C=O) groups excluding carboxylic acids is 3. The van der Waals surface area contributed by atoms with Gasteiger partial charge in [0.1, 0.15) is 5.78 Å². The third-order valence-corrected chi connectivity index (χ3v) is 1.89. The second-order valence-corrected chi connectivity index (χ2v) is 2.93. The van der Waals surface area contributed by atoms with E-state index in [2.05, 4.69) is 5.32 Å². The van der Waals surface area contributed by atoms with Gasteiger partial charge in [-0.1, -0.05) is 0 Å². The molecule has 0 aromatic carbocycles. The van der Waals surface area contributed by atoms with Crippen LogP contribution in [0, 0.1) is 0 Å². The van der Waals surface area contributed by atoms with Gasteiger partial charge in [0.15, 0.2) is 12.1 Å². The number of hydrogen-bond acceptors (Lipinski definition) is 4. The topological polar surface area (TPSA) is 63.2 Å². The summed E-state index contributed by atoms with van der Waals surface area (Å²) in [7, 11) is 1.70. The summed E-state index contributed by atoms with van der Waals surface area (Å²) in [5, 5.41) is 2.84. The molecule has 0 bridgehead atoms. The molecule has 1 N–H and O–H groups in total. The highest BCUT2D eigenvalue weighted by Crippen LogP contribution is 2.01. The second-order valence-electron chi connectivity index (χ2n) is 2.93. The Hall–Kier alpha value is -1.03. The van der Waals surface area contributed by atoms with Gasteiger partial charge in [-0.15, -0.1) is 0 Å². The fourth-order valence-electron chi connectivity index (χ4n) is 1.09. The first-order valence-electron chi connectivity index (χ1n) is 4.27. The molecule has 0 aliphatic heterocycles. The number of ketones is 2. The van der Waals surface area contributed by atoms with Gasteiger partial charge < -0.3 is 5.32 Å². The van der Waals surface area contributed by atoms with Crippen molar-refractivity contribution in [2.24, 2.45) is 0 Å². The fraction of sp³-hybridized carbons (Fsp3) is 0.667. The molecule has 0 radical (unpaired) electrons. The number of carbonyl (C=O) groups is 3. The van der Waals surface area contributed by atoms with E-state index >= 15 is 0 Å². The maximum Gasteiger partial charge on any atom is 0.195 e. The predicted octanol–water partition coefficient (Wildman–Crippen LogP) is 0.102. The summed E-state index contributed by atoms with van der Waals surface area (Å²) in [6.07, 6.45) is 1.73. The zero-order valence-electron chi connectivity index (χ0n) is 8.00. The molecular formula is C9H15NO3. The van der Waals surface area contributed by atoms with Crippen LogP contribution in [0.5, 0.6) is 0 Å². The Morgan fingerprint density at radius 1 is 1.46 bits per heavy atom. The first-order chi connectivity index (χ1) is 6.11. The van der Waals surface area contributed by atoms with Gasteiger partial charge in [-0.05, 0) is 26.8 Å². The predicted molar refractivity (Wildman–Crippen MR) is 48.5 cm³/mol. The van der Waals surface area contributed by atoms with Crippen LogP contribution in [-0.4, -0.2) is 30.9 Å². The van der Waals surface area contributed by atoms with Crippen molar-refractivity contribution in [2.75, 3.05) is 7.05 Å². The van der Waals surface area contributed by atoms with E-state index in [-0.39, 0.29) is 18.2 Å². The van der Waals surface area contributed by atoms with Crippen molar-refractivity contribution < 1.29 is 14.4 Å². The van der Waals surface area contributed by atoms with Crippen LogP contribution in [0.1, 0.15) is 26.2 Å². The minimum atomic E-state index is -0.404. The molecule has 0 fully saturated rings. The van der Waals surface area contributed by atoms with Gasteiger partial charge in [0, 0.05) is 6.42 Å². The Kier molecular flexibility index (Phi) is 5.97. The number of likely N-dealkylation sites (N-methyl/N-ethyl adjacent to an activating group) is 1. The minimum absolute atomic E-state index is 0.0565. The summed E-state index contributed by atoms with van der Waals surface area (Å²) >= 11 is 0. The maximum absolute atomic E-state index is 10.9. The molecule has 0 saturated carbocycles. The summed E-state index contributed by atoms with van der Waals surface area (Å²) in [6.45, 7) is 1.50. The van der Waals surface area contributed by atoms with Crippen molar-refractivity contribution >= 4 is 17.9 Å². The monoisotopic (exact) mass is 185 g/mol. The Morgan fingerprint density at radius 2 is 2.08 bits per heavy atom. The molecule has 0 rings (SSSR count). The Labute approximate surface area is 77.7 Å². The molecule has 4 heteroatoms. The summed E-state index contributed by atoms with van der Waals surface area (Å²) in [6, 6.07) is -0.195. The first-order valence-corrected chi connectivity index (χ1v) is 4.27. The molecule has 0 amide bonds. The zero-order valence-corrected chi connectivity index (χ0v) is 8.00. The Morgan fingerprint density at radius 3 is 2.46 bits per heavy atom. The van der Waals surface area contributed by atoms with Crippen LogP contribution in [0.3, 0.4) is 0 Å². The molecule has 0 saturated heterocycles. The third-order valence-electron chi connectivity index (χ3n) is 1.89. The number of aldehydes is 1. The lowest BCUT2D eigenvalue weighted by Crippen LogP contribution is -2.32. The molecule has 0 heterocycles. The van der Waals surface area contributed by atoms with Crippen LogP contribution in [0.4, 0.5) is 0 Å². The summed E-state index contributed by atoms with van der Waals surface area (Å²) in [5.74, 6) is -0.348. The highest BCUT2D eigenvalue weighted by Gasteiger charge is 2.11. The van der Waals surface area contributed by atoms with E-state index in [0.717, 1.165) is 0 Å². The molecule has 0 spiro atoms. The van der Waals surface area contributed by atoms with Crippen molar-refractivity contribution in [1.29, 1.82) is 0 Å². The van der Waals surface area contributed by atoms with E-state index < -0.39 is 5.78 Å². The SMILES string of the molecule is CN[C@@H](CCCC(=O)C=O)C(C)=O. The third kappa shape index (κ3) is 5.25. The minimum Gasteiger partial charge on any atom is -0.311 e. The normalized spacial score (nSPS) is 12.2. The van der Waals surface area contributed by atoms with Gasteiger partial charge in [0.05, 0.1) is 6.04 Å². The largest absolute Gasteiger partial charge is 0.311 e. The Balaban J connectivity index is 3.67. The van der Waals surface area contributed by atoms with Gasteiger partial charge >= 0.3 is 0 Å². The smallest absolute Gasteiger partial charge is 0.195 e. The summed E-state index contributed by atoms with van der Waals surface area (Å²) in [4.78, 5) is 31.4. The lowest BCUT2D eigenvalue weighted by Gasteiger charge is -2.10. The van der Waals surface area contributed by atoms with Crippen molar-refractivity contribution in [1.82, 2.24) is 5.32 Å². The van der Waals surface area contributed by atoms with Crippen LogP contribution in [-0.2, 0) is 14.4 Å². The highest BCUT2D eigenvalue weighted by molar-refractivity contribution is 6.24. The van der Waals surface area contributed by atoms with Crippen molar-refractivity contribution in [3.8, 4) is 0 Å². The standard InChI is InChI=1S/C9H15NO3/c1-7(12)9(10-2)5-3-4-8(13)6-11/h6,9-10H,3-5H2,1-2H3/t9-/m0/s1. The molecule has 0 aliphatic rings. The highest BCUT2D eigenvalue weighted by atomic mass is 16.2. The molecule has 4 nitrogen and oxygen atoms in total. The molecule has 0 aromatic heterocycles. The average molecular weight is 185 g/mol. The summed E-state index contributed by atoms with van der Waals surface area (Å²) < 4.78 is 0. The lowest BCUT2D eigenvalue weighted by atomic mass is 10.1. The van der Waals surface area contributed by atoms with Gasteiger partial charge in [0.2, 0.25) is 0 Å². The molecule has 13 heavy (non-hydrogen) atoms. The summed E-state index contributed by atoms with van der Waals surface area (Å²) in [5.41, 5.74) is 0. The number of hydrogen-bond donors (Lipinski definition) is 1. The fourth-order valence-corrected chi connectivity index (χ4v) is 1.09. The molecule has 74 valence electrons. The van der Waals surface area contributed by atoms with E-state index in [1.165, 1.54) is 6.92 Å². The lowest BCUT2D eigenvalue weighted by molar-refractivity contribution is -0.130. The van der Waals surface area contributed by atoms with Crippen LogP contribution >= 0.6 is 0 Å². The first kappa shape index (κ1) is 12.0. The van der Waals surface area contributed by atoms with Crippen molar-refractivity contribution in [3.05, 3.63) is 0 Å². The van der Waals surface area contributed by atoms with Crippen molar-refractivity contribution in [3.63, 3.8) is 0 Å². The van der Waals surface area contributed by atoms with E-state index in [1.54, 1.807) is 7.05 Å². The van der Waals surface area contributed by atoms with E-state index in [4.69, 9.17) is 0 Å². The second kappa shape index (κ2) is 6.48. The molecular weight excluding hydrogens is 170 g/mol. The maximum atomic E-state index is 10.9.